The van der Waals surface area contributed by atoms with E-state index in [1.165, 1.54) is 17.6 Å². The lowest BCUT2D eigenvalue weighted by Gasteiger charge is -2.16. The van der Waals surface area contributed by atoms with E-state index in [1.54, 1.807) is 10.8 Å². The van der Waals surface area contributed by atoms with Crippen molar-refractivity contribution in [3.05, 3.63) is 40.5 Å². The second-order valence-electron chi connectivity index (χ2n) is 6.31. The minimum absolute atomic E-state index is 0.104. The highest BCUT2D eigenvalue weighted by Crippen LogP contribution is 2.24. The number of hydrogen-bond donors (Lipinski definition) is 1. The van der Waals surface area contributed by atoms with Crippen molar-refractivity contribution in [1.82, 2.24) is 34.2 Å². The molecule has 8 heteroatoms. The lowest BCUT2D eigenvalue weighted by atomic mass is 10.2. The lowest BCUT2D eigenvalue weighted by Crippen LogP contribution is -2.26. The van der Waals surface area contributed by atoms with Gasteiger partial charge in [0.05, 0.1) is 18.4 Å². The molecule has 1 N–H and O–H groups in total. The van der Waals surface area contributed by atoms with Crippen molar-refractivity contribution < 1.29 is 0 Å². The second-order valence-corrected chi connectivity index (χ2v) is 6.31. The van der Waals surface area contributed by atoms with Crippen LogP contribution < -0.4 is 5.69 Å². The fraction of sp³-hybridized carbons (Fsp3) is 0.500. The van der Waals surface area contributed by atoms with Crippen LogP contribution in [0.25, 0.3) is 11.2 Å². The Hall–Kier alpha value is -2.48. The number of hydrogen-bond acceptors (Lipinski definition) is 5. The second kappa shape index (κ2) is 5.86. The van der Waals surface area contributed by atoms with Gasteiger partial charge in [-0.05, 0) is 20.3 Å². The lowest BCUT2D eigenvalue weighted by molar-refractivity contribution is 0.315. The molecule has 8 nitrogen and oxygen atoms in total. The molecule has 1 aliphatic rings. The number of aryl methyl sites for hydroxylation is 1. The molecule has 3 aromatic heterocycles. The number of nitrogens with one attached hydrogen (secondary N) is 1. The van der Waals surface area contributed by atoms with Gasteiger partial charge in [-0.3, -0.25) is 14.1 Å². The van der Waals surface area contributed by atoms with Gasteiger partial charge in [-0.2, -0.15) is 5.10 Å². The molecule has 0 radical (unpaired) electrons. The molecule has 0 unspecified atom stereocenters. The third kappa shape index (κ3) is 2.43. The fourth-order valence-corrected chi connectivity index (χ4v) is 3.58. The summed E-state index contributed by atoms with van der Waals surface area (Å²) in [6.07, 6.45) is 6.03. The van der Waals surface area contributed by atoms with E-state index in [-0.39, 0.29) is 11.7 Å². The standard InChI is InChI=1S/C16H21N7O/c1-3-22-11(2)12(6-19-22)8-21-5-4-13(9-21)23-15-14(20-16(23)24)7-17-10-18-15/h6-7,10,13H,3-5,8-9H2,1-2H3,(H,20,24)/t13-/m0/s1. The van der Waals surface area contributed by atoms with E-state index in [0.29, 0.717) is 11.2 Å². The molecule has 0 spiro atoms. The maximum Gasteiger partial charge on any atom is 0.328 e. The number of H-pyrrole nitrogens is 1. The Morgan fingerprint density at radius 2 is 2.25 bits per heavy atom. The molecule has 0 bridgehead atoms. The normalized spacial score (nSPS) is 18.7. The van der Waals surface area contributed by atoms with Crippen LogP contribution in [0.4, 0.5) is 0 Å². The van der Waals surface area contributed by atoms with E-state index in [9.17, 15) is 4.79 Å². The third-order valence-electron chi connectivity index (χ3n) is 4.89. The van der Waals surface area contributed by atoms with Crippen LogP contribution in [-0.4, -0.2) is 47.3 Å². The molecule has 1 fully saturated rings. The topological polar surface area (TPSA) is 84.6 Å². The van der Waals surface area contributed by atoms with E-state index in [1.807, 2.05) is 10.9 Å². The van der Waals surface area contributed by atoms with E-state index < -0.39 is 0 Å². The predicted molar refractivity (Wildman–Crippen MR) is 89.7 cm³/mol. The number of nitrogens with zero attached hydrogens (tertiary/aromatic N) is 6. The summed E-state index contributed by atoms with van der Waals surface area (Å²) in [6, 6.07) is 0.141. The molecular formula is C16H21N7O. The molecule has 0 amide bonds. The maximum atomic E-state index is 12.3. The molecule has 1 saturated heterocycles. The summed E-state index contributed by atoms with van der Waals surface area (Å²) in [7, 11) is 0. The monoisotopic (exact) mass is 327 g/mol. The van der Waals surface area contributed by atoms with Crippen LogP contribution in [0.2, 0.25) is 0 Å². The van der Waals surface area contributed by atoms with E-state index in [2.05, 4.69) is 38.8 Å². The van der Waals surface area contributed by atoms with Gasteiger partial charge in [0.1, 0.15) is 11.8 Å². The van der Waals surface area contributed by atoms with Crippen molar-refractivity contribution in [3.8, 4) is 0 Å². The van der Waals surface area contributed by atoms with Gasteiger partial charge in [0.2, 0.25) is 0 Å². The average molecular weight is 327 g/mol. The third-order valence-corrected chi connectivity index (χ3v) is 4.89. The Balaban J connectivity index is 1.55. The van der Waals surface area contributed by atoms with Crippen LogP contribution in [0.1, 0.15) is 30.6 Å². The summed E-state index contributed by atoms with van der Waals surface area (Å²) in [5.41, 5.74) is 3.76. The van der Waals surface area contributed by atoms with Crippen molar-refractivity contribution in [3.63, 3.8) is 0 Å². The summed E-state index contributed by atoms with van der Waals surface area (Å²) in [5, 5.41) is 4.41. The Bertz CT molecular complexity index is 922. The molecular weight excluding hydrogens is 306 g/mol. The van der Waals surface area contributed by atoms with E-state index in [0.717, 1.165) is 32.6 Å². The summed E-state index contributed by atoms with van der Waals surface area (Å²) in [4.78, 5) is 25.8. The maximum absolute atomic E-state index is 12.3. The minimum Gasteiger partial charge on any atom is -0.303 e. The molecule has 1 atom stereocenters. The average Bonchev–Trinajstić information content (AvgIpc) is 3.25. The molecule has 0 aliphatic carbocycles. The molecule has 0 aromatic carbocycles. The smallest absolute Gasteiger partial charge is 0.303 e. The Morgan fingerprint density at radius 1 is 1.38 bits per heavy atom. The Labute approximate surface area is 139 Å². The summed E-state index contributed by atoms with van der Waals surface area (Å²) >= 11 is 0. The molecule has 4 heterocycles. The number of fused-ring (bicyclic) bond motifs is 1. The van der Waals surface area contributed by atoms with Gasteiger partial charge < -0.3 is 4.98 Å². The van der Waals surface area contributed by atoms with Crippen molar-refractivity contribution >= 4 is 11.2 Å². The Kier molecular flexibility index (Phi) is 3.68. The van der Waals surface area contributed by atoms with Gasteiger partial charge in [0.25, 0.3) is 0 Å². The van der Waals surface area contributed by atoms with Crippen LogP contribution in [0.3, 0.4) is 0 Å². The first-order valence-electron chi connectivity index (χ1n) is 8.31. The van der Waals surface area contributed by atoms with Crippen LogP contribution in [0.15, 0.2) is 23.5 Å². The first-order valence-corrected chi connectivity index (χ1v) is 8.31. The zero-order valence-electron chi connectivity index (χ0n) is 13.9. The zero-order valence-corrected chi connectivity index (χ0v) is 13.9. The quantitative estimate of drug-likeness (QED) is 0.775. The number of aromatic amines is 1. The highest BCUT2D eigenvalue weighted by molar-refractivity contribution is 5.69. The highest BCUT2D eigenvalue weighted by Gasteiger charge is 2.27. The van der Waals surface area contributed by atoms with Gasteiger partial charge >= 0.3 is 5.69 Å². The number of aromatic nitrogens is 6. The summed E-state index contributed by atoms with van der Waals surface area (Å²) < 4.78 is 3.79. The van der Waals surface area contributed by atoms with Gasteiger partial charge in [-0.15, -0.1) is 0 Å². The number of likely N-dealkylation sites (tertiary alicyclic amines) is 1. The van der Waals surface area contributed by atoms with Gasteiger partial charge in [-0.25, -0.2) is 14.8 Å². The zero-order chi connectivity index (χ0) is 16.7. The first-order chi connectivity index (χ1) is 11.7. The molecule has 126 valence electrons. The first kappa shape index (κ1) is 15.1. The van der Waals surface area contributed by atoms with Crippen molar-refractivity contribution in [1.29, 1.82) is 0 Å². The predicted octanol–water partition coefficient (Wildman–Crippen LogP) is 1.09. The SMILES string of the molecule is CCn1ncc(CN2CC[C@H](n3c(=O)[nH]c4cncnc43)C2)c1C. The Morgan fingerprint density at radius 3 is 3.04 bits per heavy atom. The highest BCUT2D eigenvalue weighted by atomic mass is 16.1. The largest absolute Gasteiger partial charge is 0.328 e. The van der Waals surface area contributed by atoms with Crippen LogP contribution in [0, 0.1) is 6.92 Å². The molecule has 24 heavy (non-hydrogen) atoms. The van der Waals surface area contributed by atoms with Crippen LogP contribution >= 0.6 is 0 Å². The molecule has 4 rings (SSSR count). The van der Waals surface area contributed by atoms with Crippen molar-refractivity contribution in [2.75, 3.05) is 13.1 Å². The van der Waals surface area contributed by atoms with Crippen molar-refractivity contribution in [2.24, 2.45) is 0 Å². The van der Waals surface area contributed by atoms with E-state index in [4.69, 9.17) is 0 Å². The van der Waals surface area contributed by atoms with E-state index >= 15 is 0 Å². The van der Waals surface area contributed by atoms with Crippen molar-refractivity contribution in [2.45, 2.75) is 39.4 Å². The summed E-state index contributed by atoms with van der Waals surface area (Å²) in [6.45, 7) is 7.77. The number of rotatable bonds is 4. The summed E-state index contributed by atoms with van der Waals surface area (Å²) in [5.74, 6) is 0. The fourth-order valence-electron chi connectivity index (χ4n) is 3.58. The van der Waals surface area contributed by atoms with Crippen LogP contribution in [0.5, 0.6) is 0 Å². The van der Waals surface area contributed by atoms with Crippen LogP contribution in [-0.2, 0) is 13.1 Å². The molecule has 3 aromatic rings. The molecule has 1 aliphatic heterocycles. The van der Waals surface area contributed by atoms with Gasteiger partial charge in [0, 0.05) is 37.4 Å². The van der Waals surface area contributed by atoms with Gasteiger partial charge in [0.15, 0.2) is 5.65 Å². The minimum atomic E-state index is -0.104. The van der Waals surface area contributed by atoms with Gasteiger partial charge in [-0.1, -0.05) is 0 Å². The molecule has 0 saturated carbocycles. The number of imidazole rings is 1.